The van der Waals surface area contributed by atoms with Gasteiger partial charge in [-0.3, -0.25) is 10.1 Å². The molecule has 1 heterocycles. The molecule has 1 N–H and O–H groups in total. The summed E-state index contributed by atoms with van der Waals surface area (Å²) in [5.41, 5.74) is 1.38. The summed E-state index contributed by atoms with van der Waals surface area (Å²) in [6, 6.07) is 13.6. The molecule has 1 aromatic heterocycles. The Labute approximate surface area is 167 Å². The van der Waals surface area contributed by atoms with E-state index in [9.17, 15) is 13.2 Å². The quantitative estimate of drug-likeness (QED) is 0.634. The normalized spacial score (nSPS) is 11.2. The lowest BCUT2D eigenvalue weighted by molar-refractivity contribution is 0.102. The average molecular weight is 418 g/mol. The van der Waals surface area contributed by atoms with Gasteiger partial charge in [0, 0.05) is 6.42 Å². The Balaban J connectivity index is 1.64. The molecule has 0 aliphatic rings. The number of nitrogens with one attached hydrogen (secondary N) is 1. The maximum absolute atomic E-state index is 12.4. The standard InChI is InChI=1S/C19H19N3O4S2/c1-13-7-9-14(10-8-13)28(24,25)12-11-17-21-22-19(27-17)20-18(23)15-5-3-4-6-16(15)26-2/h3-10H,11-12H2,1-2H3,(H,20,22,23). The van der Waals surface area contributed by atoms with Gasteiger partial charge in [-0.05, 0) is 31.2 Å². The lowest BCUT2D eigenvalue weighted by Gasteiger charge is -2.06. The summed E-state index contributed by atoms with van der Waals surface area (Å²) < 4.78 is 30.0. The fourth-order valence-electron chi connectivity index (χ4n) is 2.49. The van der Waals surface area contributed by atoms with E-state index in [1.165, 1.54) is 7.11 Å². The molecule has 0 saturated carbocycles. The van der Waals surface area contributed by atoms with E-state index in [0.717, 1.165) is 16.9 Å². The first-order chi connectivity index (χ1) is 13.4. The summed E-state index contributed by atoms with van der Waals surface area (Å²) in [7, 11) is -1.92. The average Bonchev–Trinajstić information content (AvgIpc) is 3.14. The molecule has 0 aliphatic carbocycles. The van der Waals surface area contributed by atoms with Crippen molar-refractivity contribution in [1.82, 2.24) is 10.2 Å². The van der Waals surface area contributed by atoms with E-state index in [2.05, 4.69) is 15.5 Å². The van der Waals surface area contributed by atoms with Crippen LogP contribution in [0.4, 0.5) is 5.13 Å². The number of para-hydroxylation sites is 1. The minimum atomic E-state index is -3.41. The van der Waals surface area contributed by atoms with E-state index in [1.54, 1.807) is 48.5 Å². The van der Waals surface area contributed by atoms with Gasteiger partial charge in [-0.1, -0.05) is 41.2 Å². The van der Waals surface area contributed by atoms with Crippen molar-refractivity contribution >= 4 is 32.2 Å². The maximum atomic E-state index is 12.4. The molecule has 0 fully saturated rings. The van der Waals surface area contributed by atoms with E-state index >= 15 is 0 Å². The number of ether oxygens (including phenoxy) is 1. The van der Waals surface area contributed by atoms with E-state index in [-0.39, 0.29) is 23.0 Å². The van der Waals surface area contributed by atoms with Gasteiger partial charge >= 0.3 is 0 Å². The van der Waals surface area contributed by atoms with Crippen LogP contribution < -0.4 is 10.1 Å². The van der Waals surface area contributed by atoms with E-state index in [0.29, 0.717) is 21.5 Å². The van der Waals surface area contributed by atoms with Crippen molar-refractivity contribution in [1.29, 1.82) is 0 Å². The van der Waals surface area contributed by atoms with Crippen LogP contribution in [-0.2, 0) is 16.3 Å². The minimum absolute atomic E-state index is 0.0782. The molecule has 28 heavy (non-hydrogen) atoms. The Kier molecular flexibility index (Phi) is 6.05. The van der Waals surface area contributed by atoms with Gasteiger partial charge in [0.05, 0.1) is 23.3 Å². The van der Waals surface area contributed by atoms with Crippen LogP contribution in [0.1, 0.15) is 20.9 Å². The number of carbonyl (C=O) groups is 1. The molecule has 0 atom stereocenters. The number of rotatable bonds is 7. The molecule has 146 valence electrons. The van der Waals surface area contributed by atoms with Crippen molar-refractivity contribution in [3.05, 3.63) is 64.7 Å². The number of aryl methyl sites for hydroxylation is 2. The second-order valence-electron chi connectivity index (χ2n) is 6.04. The van der Waals surface area contributed by atoms with Crippen molar-refractivity contribution < 1.29 is 17.9 Å². The van der Waals surface area contributed by atoms with Gasteiger partial charge in [0.25, 0.3) is 5.91 Å². The second-order valence-corrected chi connectivity index (χ2v) is 9.21. The summed E-state index contributed by atoms with van der Waals surface area (Å²) in [5.74, 6) is 0.00636. The van der Waals surface area contributed by atoms with Crippen molar-refractivity contribution in [2.45, 2.75) is 18.2 Å². The zero-order valence-corrected chi connectivity index (χ0v) is 17.0. The van der Waals surface area contributed by atoms with Crippen LogP contribution in [0.15, 0.2) is 53.4 Å². The van der Waals surface area contributed by atoms with Crippen LogP contribution in [0.3, 0.4) is 0 Å². The van der Waals surface area contributed by atoms with Gasteiger partial charge in [-0.15, -0.1) is 10.2 Å². The molecule has 0 unspecified atom stereocenters. The number of anilines is 1. The molecule has 3 rings (SSSR count). The number of sulfone groups is 1. The van der Waals surface area contributed by atoms with Crippen molar-refractivity contribution in [3.8, 4) is 5.75 Å². The van der Waals surface area contributed by atoms with Crippen LogP contribution in [0.5, 0.6) is 5.75 Å². The second kappa shape index (κ2) is 8.49. The van der Waals surface area contributed by atoms with Gasteiger partial charge < -0.3 is 4.74 Å². The Morgan fingerprint density at radius 1 is 1.11 bits per heavy atom. The number of nitrogens with zero attached hydrogens (tertiary/aromatic N) is 2. The molecular weight excluding hydrogens is 398 g/mol. The number of methoxy groups -OCH3 is 1. The van der Waals surface area contributed by atoms with E-state index in [1.807, 2.05) is 6.92 Å². The number of amides is 1. The first-order valence-corrected chi connectivity index (χ1v) is 10.9. The van der Waals surface area contributed by atoms with Crippen molar-refractivity contribution in [2.75, 3.05) is 18.2 Å². The fraction of sp³-hybridized carbons (Fsp3) is 0.211. The van der Waals surface area contributed by atoms with Crippen LogP contribution in [0, 0.1) is 6.92 Å². The lowest BCUT2D eigenvalue weighted by atomic mass is 10.2. The first-order valence-electron chi connectivity index (χ1n) is 8.45. The highest BCUT2D eigenvalue weighted by molar-refractivity contribution is 7.91. The molecule has 0 aliphatic heterocycles. The van der Waals surface area contributed by atoms with E-state index < -0.39 is 9.84 Å². The third-order valence-electron chi connectivity index (χ3n) is 4.00. The highest BCUT2D eigenvalue weighted by Gasteiger charge is 2.17. The Bertz CT molecular complexity index is 1080. The molecule has 0 spiro atoms. The molecule has 0 saturated heterocycles. The molecule has 7 nitrogen and oxygen atoms in total. The highest BCUT2D eigenvalue weighted by atomic mass is 32.2. The summed E-state index contributed by atoms with van der Waals surface area (Å²) in [6.07, 6.45) is 0.221. The number of carbonyl (C=O) groups excluding carboxylic acids is 1. The van der Waals surface area contributed by atoms with Crippen molar-refractivity contribution in [2.24, 2.45) is 0 Å². The van der Waals surface area contributed by atoms with Gasteiger partial charge in [0.15, 0.2) is 9.84 Å². The minimum Gasteiger partial charge on any atom is -0.496 e. The molecule has 2 aromatic carbocycles. The molecule has 1 amide bonds. The predicted molar refractivity (Wildman–Crippen MR) is 108 cm³/mol. The first kappa shape index (κ1) is 20.0. The number of hydrogen-bond donors (Lipinski definition) is 1. The third kappa shape index (κ3) is 4.73. The maximum Gasteiger partial charge on any atom is 0.261 e. The monoisotopic (exact) mass is 417 g/mol. The van der Waals surface area contributed by atoms with Crippen molar-refractivity contribution in [3.63, 3.8) is 0 Å². The number of benzene rings is 2. The van der Waals surface area contributed by atoms with Crippen LogP contribution >= 0.6 is 11.3 Å². The predicted octanol–water partition coefficient (Wildman–Crippen LogP) is 3.12. The summed E-state index contributed by atoms with van der Waals surface area (Å²) in [5, 5.41) is 11.4. The Morgan fingerprint density at radius 2 is 1.82 bits per heavy atom. The Morgan fingerprint density at radius 3 is 2.54 bits per heavy atom. The SMILES string of the molecule is COc1ccccc1C(=O)Nc1nnc(CCS(=O)(=O)c2ccc(C)cc2)s1. The Hall–Kier alpha value is -2.78. The van der Waals surface area contributed by atoms with Crippen LogP contribution in [0.25, 0.3) is 0 Å². The van der Waals surface area contributed by atoms with Crippen LogP contribution in [0.2, 0.25) is 0 Å². The van der Waals surface area contributed by atoms with Gasteiger partial charge in [0.1, 0.15) is 10.8 Å². The van der Waals surface area contributed by atoms with Crippen LogP contribution in [-0.4, -0.2) is 37.4 Å². The lowest BCUT2D eigenvalue weighted by Crippen LogP contribution is -2.12. The molecule has 3 aromatic rings. The zero-order chi connectivity index (χ0) is 20.1. The largest absolute Gasteiger partial charge is 0.496 e. The number of hydrogen-bond acceptors (Lipinski definition) is 7. The molecule has 0 bridgehead atoms. The smallest absolute Gasteiger partial charge is 0.261 e. The fourth-order valence-corrected chi connectivity index (χ4v) is 4.60. The topological polar surface area (TPSA) is 98.2 Å². The molecule has 9 heteroatoms. The van der Waals surface area contributed by atoms with E-state index in [4.69, 9.17) is 4.74 Å². The van der Waals surface area contributed by atoms with Gasteiger partial charge in [-0.25, -0.2) is 8.42 Å². The summed E-state index contributed by atoms with van der Waals surface area (Å²) in [6.45, 7) is 1.90. The number of aromatic nitrogens is 2. The highest BCUT2D eigenvalue weighted by Crippen LogP contribution is 2.22. The zero-order valence-electron chi connectivity index (χ0n) is 15.4. The van der Waals surface area contributed by atoms with Gasteiger partial charge in [0.2, 0.25) is 5.13 Å². The summed E-state index contributed by atoms with van der Waals surface area (Å²) >= 11 is 1.15. The summed E-state index contributed by atoms with van der Waals surface area (Å²) in [4.78, 5) is 12.7. The molecular formula is C19H19N3O4S2. The molecule has 0 radical (unpaired) electrons. The van der Waals surface area contributed by atoms with Gasteiger partial charge in [-0.2, -0.15) is 0 Å². The third-order valence-corrected chi connectivity index (χ3v) is 6.63.